The van der Waals surface area contributed by atoms with Crippen LogP contribution in [-0.2, 0) is 13.1 Å². The monoisotopic (exact) mass is 273 g/mol. The van der Waals surface area contributed by atoms with Gasteiger partial charge in [0.25, 0.3) is 0 Å². The van der Waals surface area contributed by atoms with Crippen molar-refractivity contribution in [3.63, 3.8) is 0 Å². The van der Waals surface area contributed by atoms with E-state index in [2.05, 4.69) is 15.3 Å². The van der Waals surface area contributed by atoms with E-state index < -0.39 is 0 Å². The summed E-state index contributed by atoms with van der Waals surface area (Å²) in [4.78, 5) is 8.35. The summed E-state index contributed by atoms with van der Waals surface area (Å²) in [6.07, 6.45) is 1.73. The number of phenolic OH excluding ortho intramolecular Hbond substituents is 1. The first-order valence-electron chi connectivity index (χ1n) is 6.33. The second-order valence-corrected chi connectivity index (χ2v) is 4.53. The van der Waals surface area contributed by atoms with Gasteiger partial charge >= 0.3 is 0 Å². The lowest BCUT2D eigenvalue weighted by Crippen LogP contribution is -2.14. The molecular weight excluding hydrogens is 258 g/mol. The fourth-order valence-corrected chi connectivity index (χ4v) is 2.04. The molecule has 2 N–H and O–H groups in total. The van der Waals surface area contributed by atoms with E-state index in [0.717, 1.165) is 17.1 Å². The highest BCUT2D eigenvalue weighted by Gasteiger charge is 2.16. The molecule has 0 aliphatic carbocycles. The molecular formula is C14H15N3O3. The van der Waals surface area contributed by atoms with Gasteiger partial charge in [-0.25, -0.2) is 9.97 Å². The van der Waals surface area contributed by atoms with E-state index in [1.807, 2.05) is 13.0 Å². The van der Waals surface area contributed by atoms with E-state index >= 15 is 0 Å². The van der Waals surface area contributed by atoms with Crippen LogP contribution in [0.5, 0.6) is 17.2 Å². The summed E-state index contributed by atoms with van der Waals surface area (Å²) in [5, 5.41) is 13.1. The van der Waals surface area contributed by atoms with E-state index in [4.69, 9.17) is 9.47 Å². The standard InChI is InChI=1S/C14H15N3O3/c1-9-16-3-2-11(17-9)7-15-6-10-4-13-14(5-12(10)18)20-8-19-13/h2-5,15,18H,6-8H2,1H3. The maximum Gasteiger partial charge on any atom is 0.231 e. The van der Waals surface area contributed by atoms with Crippen molar-refractivity contribution in [1.82, 2.24) is 15.3 Å². The number of fused-ring (bicyclic) bond motifs is 1. The minimum absolute atomic E-state index is 0.195. The van der Waals surface area contributed by atoms with Crippen molar-refractivity contribution in [3.8, 4) is 17.2 Å². The van der Waals surface area contributed by atoms with Gasteiger partial charge in [-0.2, -0.15) is 0 Å². The third-order valence-electron chi connectivity index (χ3n) is 3.03. The number of nitrogens with zero attached hydrogens (tertiary/aromatic N) is 2. The van der Waals surface area contributed by atoms with Gasteiger partial charge in [0.1, 0.15) is 11.6 Å². The lowest BCUT2D eigenvalue weighted by molar-refractivity contribution is 0.174. The molecule has 1 aromatic carbocycles. The summed E-state index contributed by atoms with van der Waals surface area (Å²) >= 11 is 0. The van der Waals surface area contributed by atoms with Crippen LogP contribution in [0.2, 0.25) is 0 Å². The summed E-state index contributed by atoms with van der Waals surface area (Å²) in [6.45, 7) is 3.18. The quantitative estimate of drug-likeness (QED) is 0.879. The first-order valence-corrected chi connectivity index (χ1v) is 6.33. The molecule has 1 aliphatic rings. The molecule has 1 aliphatic heterocycles. The second kappa shape index (κ2) is 5.34. The van der Waals surface area contributed by atoms with Gasteiger partial charge < -0.3 is 19.9 Å². The molecule has 0 spiro atoms. The normalized spacial score (nSPS) is 12.7. The fraction of sp³-hybridized carbons (Fsp3) is 0.286. The topological polar surface area (TPSA) is 76.5 Å². The summed E-state index contributed by atoms with van der Waals surface area (Å²) in [5.74, 6) is 2.19. The van der Waals surface area contributed by atoms with E-state index in [-0.39, 0.29) is 12.5 Å². The zero-order valence-corrected chi connectivity index (χ0v) is 11.1. The van der Waals surface area contributed by atoms with Gasteiger partial charge in [0, 0.05) is 30.9 Å². The number of aromatic nitrogens is 2. The summed E-state index contributed by atoms with van der Waals surface area (Å²) < 4.78 is 10.5. The lowest BCUT2D eigenvalue weighted by atomic mass is 10.1. The van der Waals surface area contributed by atoms with E-state index in [1.165, 1.54) is 0 Å². The zero-order chi connectivity index (χ0) is 13.9. The largest absolute Gasteiger partial charge is 0.507 e. The Morgan fingerprint density at radius 1 is 1.25 bits per heavy atom. The maximum absolute atomic E-state index is 9.91. The van der Waals surface area contributed by atoms with Crippen LogP contribution in [0, 0.1) is 6.92 Å². The van der Waals surface area contributed by atoms with Gasteiger partial charge in [-0.3, -0.25) is 0 Å². The Labute approximate surface area is 116 Å². The third kappa shape index (κ3) is 2.65. The number of phenols is 1. The second-order valence-electron chi connectivity index (χ2n) is 4.53. The number of ether oxygens (including phenoxy) is 2. The third-order valence-corrected chi connectivity index (χ3v) is 3.03. The van der Waals surface area contributed by atoms with Crippen molar-refractivity contribution in [3.05, 3.63) is 41.5 Å². The molecule has 0 radical (unpaired) electrons. The van der Waals surface area contributed by atoms with Crippen LogP contribution < -0.4 is 14.8 Å². The van der Waals surface area contributed by atoms with Crippen LogP contribution in [0.3, 0.4) is 0 Å². The smallest absolute Gasteiger partial charge is 0.231 e. The number of aryl methyl sites for hydroxylation is 1. The van der Waals surface area contributed by atoms with Crippen LogP contribution in [-0.4, -0.2) is 21.9 Å². The van der Waals surface area contributed by atoms with Crippen LogP contribution in [0.25, 0.3) is 0 Å². The Kier molecular flexibility index (Phi) is 3.39. The first kappa shape index (κ1) is 12.7. The molecule has 0 amide bonds. The molecule has 2 heterocycles. The van der Waals surface area contributed by atoms with Gasteiger partial charge in [-0.15, -0.1) is 0 Å². The summed E-state index contributed by atoms with van der Waals surface area (Å²) in [6, 6.07) is 5.23. The molecule has 3 rings (SSSR count). The average molecular weight is 273 g/mol. The minimum atomic E-state index is 0.195. The SMILES string of the molecule is Cc1nccc(CNCc2cc3c(cc2O)OCO3)n1. The maximum atomic E-state index is 9.91. The Balaban J connectivity index is 1.64. The van der Waals surface area contributed by atoms with E-state index in [0.29, 0.717) is 24.6 Å². The molecule has 0 bridgehead atoms. The first-order chi connectivity index (χ1) is 9.72. The van der Waals surface area contributed by atoms with Gasteiger partial charge in [-0.05, 0) is 19.1 Å². The van der Waals surface area contributed by atoms with Crippen molar-refractivity contribution < 1.29 is 14.6 Å². The molecule has 104 valence electrons. The number of hydrogen-bond acceptors (Lipinski definition) is 6. The van der Waals surface area contributed by atoms with Gasteiger partial charge in [0.15, 0.2) is 11.5 Å². The molecule has 2 aromatic rings. The number of nitrogens with one attached hydrogen (secondary N) is 1. The fourth-order valence-electron chi connectivity index (χ4n) is 2.04. The zero-order valence-electron chi connectivity index (χ0n) is 11.1. The van der Waals surface area contributed by atoms with Crippen LogP contribution >= 0.6 is 0 Å². The van der Waals surface area contributed by atoms with Crippen molar-refractivity contribution in [2.45, 2.75) is 20.0 Å². The predicted octanol–water partition coefficient (Wildman–Crippen LogP) is 1.51. The Morgan fingerprint density at radius 3 is 2.85 bits per heavy atom. The van der Waals surface area contributed by atoms with Crippen molar-refractivity contribution in [2.75, 3.05) is 6.79 Å². The highest BCUT2D eigenvalue weighted by atomic mass is 16.7. The lowest BCUT2D eigenvalue weighted by Gasteiger charge is -2.08. The number of rotatable bonds is 4. The molecule has 0 fully saturated rings. The highest BCUT2D eigenvalue weighted by Crippen LogP contribution is 2.37. The van der Waals surface area contributed by atoms with Crippen molar-refractivity contribution in [1.29, 1.82) is 0 Å². The number of hydrogen-bond donors (Lipinski definition) is 2. The summed E-state index contributed by atoms with van der Waals surface area (Å²) in [7, 11) is 0. The molecule has 0 unspecified atom stereocenters. The van der Waals surface area contributed by atoms with Gasteiger partial charge in [0.2, 0.25) is 6.79 Å². The Bertz CT molecular complexity index is 631. The minimum Gasteiger partial charge on any atom is -0.507 e. The molecule has 6 heteroatoms. The van der Waals surface area contributed by atoms with Crippen LogP contribution in [0.15, 0.2) is 24.4 Å². The average Bonchev–Trinajstić information content (AvgIpc) is 2.86. The van der Waals surface area contributed by atoms with E-state index in [1.54, 1.807) is 18.3 Å². The molecule has 0 saturated heterocycles. The highest BCUT2D eigenvalue weighted by molar-refractivity contribution is 5.51. The molecule has 0 atom stereocenters. The Morgan fingerprint density at radius 2 is 2.05 bits per heavy atom. The van der Waals surface area contributed by atoms with Crippen molar-refractivity contribution >= 4 is 0 Å². The number of benzene rings is 1. The molecule has 1 aromatic heterocycles. The predicted molar refractivity (Wildman–Crippen MR) is 71.5 cm³/mol. The van der Waals surface area contributed by atoms with Gasteiger partial charge in [0.05, 0.1) is 5.69 Å². The summed E-state index contributed by atoms with van der Waals surface area (Å²) in [5.41, 5.74) is 1.68. The molecule has 6 nitrogen and oxygen atoms in total. The van der Waals surface area contributed by atoms with Gasteiger partial charge in [-0.1, -0.05) is 0 Å². The molecule has 0 saturated carbocycles. The number of aromatic hydroxyl groups is 1. The molecule has 20 heavy (non-hydrogen) atoms. The van der Waals surface area contributed by atoms with Crippen LogP contribution in [0.1, 0.15) is 17.1 Å². The van der Waals surface area contributed by atoms with Crippen molar-refractivity contribution in [2.24, 2.45) is 0 Å². The van der Waals surface area contributed by atoms with E-state index in [9.17, 15) is 5.11 Å². The Hall–Kier alpha value is -2.34. The van der Waals surface area contributed by atoms with Crippen LogP contribution in [0.4, 0.5) is 0 Å².